The van der Waals surface area contributed by atoms with Crippen molar-refractivity contribution in [1.82, 2.24) is 19.5 Å². The van der Waals surface area contributed by atoms with Gasteiger partial charge in [0.05, 0.1) is 17.6 Å². The molecule has 0 fully saturated rings. The SMILES string of the molecule is C=Cc1ccc2ncc(-c3ccc(OCCN(C)C)cc3)n2n1. The molecule has 0 amide bonds. The molecule has 23 heavy (non-hydrogen) atoms. The maximum atomic E-state index is 5.72. The molecule has 0 unspecified atom stereocenters. The summed E-state index contributed by atoms with van der Waals surface area (Å²) in [6, 6.07) is 11.8. The van der Waals surface area contributed by atoms with Crippen molar-refractivity contribution in [3.05, 3.63) is 54.9 Å². The second kappa shape index (κ2) is 6.62. The Balaban J connectivity index is 1.83. The van der Waals surface area contributed by atoms with E-state index in [0.29, 0.717) is 6.61 Å². The lowest BCUT2D eigenvalue weighted by molar-refractivity contribution is 0.261. The van der Waals surface area contributed by atoms with Gasteiger partial charge in [0.2, 0.25) is 0 Å². The fourth-order valence-corrected chi connectivity index (χ4v) is 2.26. The smallest absolute Gasteiger partial charge is 0.154 e. The van der Waals surface area contributed by atoms with Crippen LogP contribution >= 0.6 is 0 Å². The van der Waals surface area contributed by atoms with Crippen LogP contribution in [0.4, 0.5) is 0 Å². The summed E-state index contributed by atoms with van der Waals surface area (Å²) < 4.78 is 7.55. The maximum absolute atomic E-state index is 5.72. The highest BCUT2D eigenvalue weighted by Gasteiger charge is 2.07. The molecule has 2 aromatic heterocycles. The first-order valence-corrected chi connectivity index (χ1v) is 7.52. The summed E-state index contributed by atoms with van der Waals surface area (Å²) in [6.07, 6.45) is 3.56. The molecular weight excluding hydrogens is 288 g/mol. The molecule has 5 heteroatoms. The predicted molar refractivity (Wildman–Crippen MR) is 92.6 cm³/mol. The molecule has 5 nitrogen and oxygen atoms in total. The Morgan fingerprint density at radius 3 is 2.65 bits per heavy atom. The van der Waals surface area contributed by atoms with Gasteiger partial charge in [-0.2, -0.15) is 5.10 Å². The van der Waals surface area contributed by atoms with E-state index < -0.39 is 0 Å². The summed E-state index contributed by atoms with van der Waals surface area (Å²) in [4.78, 5) is 6.48. The lowest BCUT2D eigenvalue weighted by atomic mass is 10.1. The van der Waals surface area contributed by atoms with Crippen LogP contribution in [0.3, 0.4) is 0 Å². The molecule has 0 atom stereocenters. The van der Waals surface area contributed by atoms with Gasteiger partial charge in [-0.25, -0.2) is 9.50 Å². The molecule has 0 radical (unpaired) electrons. The summed E-state index contributed by atoms with van der Waals surface area (Å²) in [5, 5.41) is 4.52. The summed E-state index contributed by atoms with van der Waals surface area (Å²) in [5.74, 6) is 0.865. The largest absolute Gasteiger partial charge is 0.492 e. The van der Waals surface area contributed by atoms with Gasteiger partial charge >= 0.3 is 0 Å². The number of aromatic nitrogens is 3. The van der Waals surface area contributed by atoms with Gasteiger partial charge in [0.25, 0.3) is 0 Å². The van der Waals surface area contributed by atoms with Crippen LogP contribution in [0.1, 0.15) is 5.69 Å². The second-order valence-corrected chi connectivity index (χ2v) is 5.55. The summed E-state index contributed by atoms with van der Waals surface area (Å²) in [7, 11) is 4.06. The van der Waals surface area contributed by atoms with Crippen molar-refractivity contribution in [2.45, 2.75) is 0 Å². The van der Waals surface area contributed by atoms with Crippen molar-refractivity contribution < 1.29 is 4.74 Å². The maximum Gasteiger partial charge on any atom is 0.154 e. The van der Waals surface area contributed by atoms with E-state index in [0.717, 1.165) is 34.9 Å². The van der Waals surface area contributed by atoms with E-state index in [-0.39, 0.29) is 0 Å². The van der Waals surface area contributed by atoms with Crippen molar-refractivity contribution in [1.29, 1.82) is 0 Å². The Labute approximate surface area is 135 Å². The summed E-state index contributed by atoms with van der Waals surface area (Å²) in [6.45, 7) is 5.33. The van der Waals surface area contributed by atoms with E-state index >= 15 is 0 Å². The molecule has 0 N–H and O–H groups in total. The Morgan fingerprint density at radius 1 is 1.17 bits per heavy atom. The molecule has 0 aliphatic rings. The zero-order valence-electron chi connectivity index (χ0n) is 13.4. The molecule has 0 aliphatic heterocycles. The van der Waals surface area contributed by atoms with Crippen LogP contribution in [0.15, 0.2) is 49.2 Å². The van der Waals surface area contributed by atoms with Gasteiger partial charge in [0, 0.05) is 12.1 Å². The molecule has 0 bridgehead atoms. The van der Waals surface area contributed by atoms with Crippen LogP contribution < -0.4 is 4.74 Å². The highest BCUT2D eigenvalue weighted by Crippen LogP contribution is 2.23. The van der Waals surface area contributed by atoms with Gasteiger partial charge in [0.1, 0.15) is 12.4 Å². The van der Waals surface area contributed by atoms with E-state index in [1.807, 2.05) is 61.2 Å². The van der Waals surface area contributed by atoms with E-state index in [1.165, 1.54) is 0 Å². The Kier molecular flexibility index (Phi) is 4.39. The fourth-order valence-electron chi connectivity index (χ4n) is 2.26. The fraction of sp³-hybridized carbons (Fsp3) is 0.222. The molecule has 118 valence electrons. The van der Waals surface area contributed by atoms with Gasteiger partial charge in [-0.05, 0) is 56.6 Å². The molecule has 0 spiro atoms. The molecular formula is C18H20N4O. The highest BCUT2D eigenvalue weighted by atomic mass is 16.5. The minimum absolute atomic E-state index is 0.673. The van der Waals surface area contributed by atoms with Crippen molar-refractivity contribution in [3.8, 4) is 17.0 Å². The molecule has 0 saturated heterocycles. The van der Waals surface area contributed by atoms with Crippen LogP contribution in [0.2, 0.25) is 0 Å². The molecule has 2 heterocycles. The second-order valence-electron chi connectivity index (χ2n) is 5.55. The molecule has 0 saturated carbocycles. The monoisotopic (exact) mass is 308 g/mol. The van der Waals surface area contributed by atoms with Crippen molar-refractivity contribution >= 4 is 11.7 Å². The summed E-state index contributed by atoms with van der Waals surface area (Å²) >= 11 is 0. The van der Waals surface area contributed by atoms with Gasteiger partial charge in [-0.1, -0.05) is 6.58 Å². The number of fused-ring (bicyclic) bond motifs is 1. The zero-order valence-corrected chi connectivity index (χ0v) is 13.4. The number of benzene rings is 1. The van der Waals surface area contributed by atoms with Crippen LogP contribution in [-0.2, 0) is 0 Å². The summed E-state index contributed by atoms with van der Waals surface area (Å²) in [5.41, 5.74) is 3.63. The van der Waals surface area contributed by atoms with Crippen molar-refractivity contribution in [2.24, 2.45) is 0 Å². The number of hydrogen-bond acceptors (Lipinski definition) is 4. The Morgan fingerprint density at radius 2 is 1.96 bits per heavy atom. The first-order chi connectivity index (χ1) is 11.2. The molecule has 0 aliphatic carbocycles. The topological polar surface area (TPSA) is 42.7 Å². The normalized spacial score (nSPS) is 11.1. The minimum Gasteiger partial charge on any atom is -0.492 e. The number of ether oxygens (including phenoxy) is 1. The highest BCUT2D eigenvalue weighted by molar-refractivity contribution is 5.64. The lowest BCUT2D eigenvalue weighted by Crippen LogP contribution is -2.19. The first-order valence-electron chi connectivity index (χ1n) is 7.52. The van der Waals surface area contributed by atoms with Crippen LogP contribution in [0.25, 0.3) is 23.0 Å². The number of rotatable bonds is 6. The van der Waals surface area contributed by atoms with E-state index in [9.17, 15) is 0 Å². The first kappa shape index (κ1) is 15.2. The third-order valence-electron chi connectivity index (χ3n) is 3.55. The molecule has 3 aromatic rings. The van der Waals surface area contributed by atoms with Crippen LogP contribution in [0, 0.1) is 0 Å². The standard InChI is InChI=1S/C18H20N4O/c1-4-15-7-10-18-19-13-17(22(18)20-15)14-5-8-16(9-6-14)23-12-11-21(2)3/h4-10,13H,1,11-12H2,2-3H3. The van der Waals surface area contributed by atoms with Crippen molar-refractivity contribution in [2.75, 3.05) is 27.2 Å². The van der Waals surface area contributed by atoms with E-state index in [1.54, 1.807) is 6.08 Å². The quantitative estimate of drug-likeness (QED) is 0.702. The minimum atomic E-state index is 0.673. The van der Waals surface area contributed by atoms with Gasteiger partial charge in [-0.15, -0.1) is 0 Å². The van der Waals surface area contributed by atoms with Crippen molar-refractivity contribution in [3.63, 3.8) is 0 Å². The average Bonchev–Trinajstić information content (AvgIpc) is 2.98. The van der Waals surface area contributed by atoms with E-state index in [4.69, 9.17) is 4.74 Å². The molecule has 3 rings (SSSR count). The third kappa shape index (κ3) is 3.40. The predicted octanol–water partition coefficient (Wildman–Crippen LogP) is 2.98. The zero-order chi connectivity index (χ0) is 16.2. The van der Waals surface area contributed by atoms with Gasteiger partial charge in [-0.3, -0.25) is 0 Å². The van der Waals surface area contributed by atoms with Gasteiger partial charge < -0.3 is 9.64 Å². The molecule has 1 aromatic carbocycles. The number of hydrogen-bond donors (Lipinski definition) is 0. The Hall–Kier alpha value is -2.66. The van der Waals surface area contributed by atoms with Crippen LogP contribution in [0.5, 0.6) is 5.75 Å². The number of nitrogens with zero attached hydrogens (tertiary/aromatic N) is 4. The van der Waals surface area contributed by atoms with E-state index in [2.05, 4.69) is 21.6 Å². The Bertz CT molecular complexity index is 806. The van der Waals surface area contributed by atoms with Crippen LogP contribution in [-0.4, -0.2) is 46.7 Å². The lowest BCUT2D eigenvalue weighted by Gasteiger charge is -2.11. The number of likely N-dealkylation sites (N-methyl/N-ethyl adjacent to an activating group) is 1. The average molecular weight is 308 g/mol. The number of imidazole rings is 1. The van der Waals surface area contributed by atoms with Gasteiger partial charge in [0.15, 0.2) is 5.65 Å². The third-order valence-corrected chi connectivity index (χ3v) is 3.55.